The summed E-state index contributed by atoms with van der Waals surface area (Å²) in [5.41, 5.74) is 2.17. The Morgan fingerprint density at radius 1 is 1.32 bits per heavy atom. The number of aryl methyl sites for hydroxylation is 1. The zero-order valence-corrected chi connectivity index (χ0v) is 15.4. The van der Waals surface area contributed by atoms with Crippen molar-refractivity contribution < 1.29 is 9.63 Å². The Bertz CT molecular complexity index is 686. The van der Waals surface area contributed by atoms with Crippen molar-refractivity contribution in [1.82, 2.24) is 19.9 Å². The second-order valence-corrected chi connectivity index (χ2v) is 6.97. The average Bonchev–Trinajstić information content (AvgIpc) is 3.04. The lowest BCUT2D eigenvalue weighted by Gasteiger charge is -2.41. The Labute approximate surface area is 149 Å². The molecule has 136 valence electrons. The van der Waals surface area contributed by atoms with E-state index in [1.54, 1.807) is 0 Å². The second kappa shape index (κ2) is 8.08. The molecule has 2 heterocycles. The summed E-state index contributed by atoms with van der Waals surface area (Å²) in [6.07, 6.45) is 0.787. The molecule has 2 atom stereocenters. The second-order valence-electron chi connectivity index (χ2n) is 6.97. The number of benzene rings is 1. The van der Waals surface area contributed by atoms with E-state index in [1.165, 1.54) is 0 Å². The highest BCUT2D eigenvalue weighted by Gasteiger charge is 2.27. The average molecular weight is 344 g/mol. The van der Waals surface area contributed by atoms with E-state index in [2.05, 4.69) is 39.9 Å². The van der Waals surface area contributed by atoms with Gasteiger partial charge in [0.05, 0.1) is 12.6 Å². The summed E-state index contributed by atoms with van der Waals surface area (Å²) in [5, 5.41) is 13.8. The minimum Gasteiger partial charge on any atom is -0.392 e. The molecule has 6 heteroatoms. The molecule has 1 N–H and O–H groups in total. The fraction of sp³-hybridized carbons (Fsp3) is 0.579. The van der Waals surface area contributed by atoms with Crippen LogP contribution in [0.4, 0.5) is 0 Å². The van der Waals surface area contributed by atoms with E-state index < -0.39 is 0 Å². The molecule has 0 unspecified atom stereocenters. The normalized spacial score (nSPS) is 20.7. The van der Waals surface area contributed by atoms with Gasteiger partial charge in [-0.1, -0.05) is 36.3 Å². The number of hydrogen-bond donors (Lipinski definition) is 1. The summed E-state index contributed by atoms with van der Waals surface area (Å²) in [5.74, 6) is 1.32. The SMILES string of the molecule is CC[C@@H]1CN(Cc2nc(-c3ccccc3C)no2)CCN1C[C@@H](C)O. The zero-order valence-electron chi connectivity index (χ0n) is 15.4. The molecule has 0 spiro atoms. The topological polar surface area (TPSA) is 65.6 Å². The van der Waals surface area contributed by atoms with Gasteiger partial charge in [0.2, 0.25) is 11.7 Å². The zero-order chi connectivity index (χ0) is 17.8. The molecule has 0 radical (unpaired) electrons. The van der Waals surface area contributed by atoms with Crippen LogP contribution >= 0.6 is 0 Å². The lowest BCUT2D eigenvalue weighted by Crippen LogP contribution is -2.54. The lowest BCUT2D eigenvalue weighted by molar-refractivity contribution is 0.0302. The summed E-state index contributed by atoms with van der Waals surface area (Å²) in [6, 6.07) is 8.54. The summed E-state index contributed by atoms with van der Waals surface area (Å²) in [7, 11) is 0. The van der Waals surface area contributed by atoms with E-state index in [0.717, 1.165) is 43.7 Å². The number of aliphatic hydroxyl groups excluding tert-OH is 1. The van der Waals surface area contributed by atoms with Crippen molar-refractivity contribution >= 4 is 0 Å². The van der Waals surface area contributed by atoms with Gasteiger partial charge in [-0.05, 0) is 25.8 Å². The summed E-state index contributed by atoms with van der Waals surface area (Å²) < 4.78 is 5.48. The van der Waals surface area contributed by atoms with Gasteiger partial charge in [-0.15, -0.1) is 0 Å². The van der Waals surface area contributed by atoms with E-state index >= 15 is 0 Å². The standard InChI is InChI=1S/C19H28N4O2/c1-4-16-12-22(9-10-23(16)11-15(3)24)13-18-20-19(21-25-18)17-8-6-5-7-14(17)2/h5-8,15-16,24H,4,9-13H2,1-3H3/t15-,16-/m1/s1. The van der Waals surface area contributed by atoms with Gasteiger partial charge in [0, 0.05) is 37.8 Å². The van der Waals surface area contributed by atoms with E-state index in [4.69, 9.17) is 4.52 Å². The van der Waals surface area contributed by atoms with Gasteiger partial charge in [0.1, 0.15) is 0 Å². The third-order valence-electron chi connectivity index (χ3n) is 4.87. The Morgan fingerprint density at radius 2 is 2.12 bits per heavy atom. The van der Waals surface area contributed by atoms with Crippen LogP contribution < -0.4 is 0 Å². The van der Waals surface area contributed by atoms with Crippen molar-refractivity contribution in [3.05, 3.63) is 35.7 Å². The van der Waals surface area contributed by atoms with Crippen molar-refractivity contribution in [2.24, 2.45) is 0 Å². The molecule has 1 saturated heterocycles. The highest BCUT2D eigenvalue weighted by molar-refractivity contribution is 5.58. The first-order chi connectivity index (χ1) is 12.1. The Hall–Kier alpha value is -1.76. The molecular weight excluding hydrogens is 316 g/mol. The monoisotopic (exact) mass is 344 g/mol. The van der Waals surface area contributed by atoms with Crippen molar-refractivity contribution in [2.75, 3.05) is 26.2 Å². The first-order valence-corrected chi connectivity index (χ1v) is 9.10. The number of aromatic nitrogens is 2. The number of aliphatic hydroxyl groups is 1. The smallest absolute Gasteiger partial charge is 0.241 e. The fourth-order valence-corrected chi connectivity index (χ4v) is 3.51. The van der Waals surface area contributed by atoms with Crippen LogP contribution in [0.25, 0.3) is 11.4 Å². The van der Waals surface area contributed by atoms with Crippen molar-refractivity contribution in [2.45, 2.75) is 45.9 Å². The van der Waals surface area contributed by atoms with Gasteiger partial charge in [-0.2, -0.15) is 4.98 Å². The van der Waals surface area contributed by atoms with Crippen LogP contribution in [0.3, 0.4) is 0 Å². The number of hydrogen-bond acceptors (Lipinski definition) is 6. The molecular formula is C19H28N4O2. The summed E-state index contributed by atoms with van der Waals surface area (Å²) in [6.45, 7) is 10.4. The highest BCUT2D eigenvalue weighted by atomic mass is 16.5. The molecule has 1 aromatic heterocycles. The van der Waals surface area contributed by atoms with E-state index in [-0.39, 0.29) is 6.10 Å². The number of piperazine rings is 1. The van der Waals surface area contributed by atoms with Crippen molar-refractivity contribution in [3.8, 4) is 11.4 Å². The van der Waals surface area contributed by atoms with E-state index in [9.17, 15) is 5.11 Å². The predicted octanol–water partition coefficient (Wildman–Crippen LogP) is 2.32. The Balaban J connectivity index is 1.63. The first-order valence-electron chi connectivity index (χ1n) is 9.10. The van der Waals surface area contributed by atoms with Gasteiger partial charge in [-0.3, -0.25) is 9.80 Å². The summed E-state index contributed by atoms with van der Waals surface area (Å²) in [4.78, 5) is 9.33. The predicted molar refractivity (Wildman–Crippen MR) is 97.1 cm³/mol. The van der Waals surface area contributed by atoms with Crippen molar-refractivity contribution in [1.29, 1.82) is 0 Å². The molecule has 2 aromatic rings. The molecule has 25 heavy (non-hydrogen) atoms. The van der Waals surface area contributed by atoms with Gasteiger partial charge < -0.3 is 9.63 Å². The molecule has 1 aromatic carbocycles. The molecule has 0 saturated carbocycles. The number of β-amino-alcohol motifs (C(OH)–C–C–N with tert-alkyl or cyclic N) is 1. The molecule has 1 aliphatic heterocycles. The maximum absolute atomic E-state index is 9.66. The Morgan fingerprint density at radius 3 is 2.84 bits per heavy atom. The molecule has 1 fully saturated rings. The lowest BCUT2D eigenvalue weighted by atomic mass is 10.1. The van der Waals surface area contributed by atoms with Crippen LogP contribution in [0.2, 0.25) is 0 Å². The quantitative estimate of drug-likeness (QED) is 0.867. The first kappa shape index (κ1) is 18.0. The van der Waals surface area contributed by atoms with Crippen LogP contribution in [0.5, 0.6) is 0 Å². The maximum Gasteiger partial charge on any atom is 0.241 e. The van der Waals surface area contributed by atoms with Crippen LogP contribution in [0.1, 0.15) is 31.7 Å². The maximum atomic E-state index is 9.66. The number of nitrogens with zero attached hydrogens (tertiary/aromatic N) is 4. The fourth-order valence-electron chi connectivity index (χ4n) is 3.51. The van der Waals surface area contributed by atoms with Gasteiger partial charge >= 0.3 is 0 Å². The summed E-state index contributed by atoms with van der Waals surface area (Å²) >= 11 is 0. The molecule has 3 rings (SSSR count). The van der Waals surface area contributed by atoms with E-state index in [1.807, 2.05) is 25.1 Å². The van der Waals surface area contributed by atoms with Crippen LogP contribution in [-0.4, -0.2) is 63.4 Å². The van der Waals surface area contributed by atoms with Crippen LogP contribution in [-0.2, 0) is 6.54 Å². The van der Waals surface area contributed by atoms with Gasteiger partial charge in [0.25, 0.3) is 0 Å². The molecule has 0 bridgehead atoms. The van der Waals surface area contributed by atoms with E-state index in [0.29, 0.717) is 24.3 Å². The third-order valence-corrected chi connectivity index (χ3v) is 4.87. The van der Waals surface area contributed by atoms with Gasteiger partial charge in [0.15, 0.2) is 0 Å². The largest absolute Gasteiger partial charge is 0.392 e. The minimum absolute atomic E-state index is 0.284. The van der Waals surface area contributed by atoms with Crippen LogP contribution in [0.15, 0.2) is 28.8 Å². The third kappa shape index (κ3) is 4.45. The van der Waals surface area contributed by atoms with Crippen molar-refractivity contribution in [3.63, 3.8) is 0 Å². The van der Waals surface area contributed by atoms with Gasteiger partial charge in [-0.25, -0.2) is 0 Å². The molecule has 0 amide bonds. The van der Waals surface area contributed by atoms with Crippen LogP contribution in [0, 0.1) is 6.92 Å². The molecule has 0 aliphatic carbocycles. The molecule has 1 aliphatic rings. The number of rotatable bonds is 6. The minimum atomic E-state index is -0.284. The molecule has 6 nitrogen and oxygen atoms in total. The Kier molecular flexibility index (Phi) is 5.83. The highest BCUT2D eigenvalue weighted by Crippen LogP contribution is 2.21.